The third kappa shape index (κ3) is 1.54. The standard InChI is InChI=1S/C13H20O2/c1-8(12(14)13(2)7-15-13)6-11-9-4-3-5-10(9)11/h8-11H,3-7H2,1-2H3/t8-,9-,10+,11?,13+/m0/s1. The zero-order valence-corrected chi connectivity index (χ0v) is 9.66. The molecule has 1 saturated heterocycles. The number of carbonyl (C=O) groups is 1. The molecule has 5 atom stereocenters. The number of carbonyl (C=O) groups excluding carboxylic acids is 1. The summed E-state index contributed by atoms with van der Waals surface area (Å²) in [5, 5.41) is 0. The average Bonchev–Trinajstić information content (AvgIpc) is 3.05. The molecule has 0 amide bonds. The summed E-state index contributed by atoms with van der Waals surface area (Å²) >= 11 is 0. The van der Waals surface area contributed by atoms with Crippen molar-refractivity contribution in [1.82, 2.24) is 0 Å². The maximum atomic E-state index is 12.0. The Balaban J connectivity index is 1.53. The van der Waals surface area contributed by atoms with Gasteiger partial charge in [-0.15, -0.1) is 0 Å². The lowest BCUT2D eigenvalue weighted by atomic mass is 9.90. The summed E-state index contributed by atoms with van der Waals surface area (Å²) in [6, 6.07) is 0. The zero-order chi connectivity index (χ0) is 10.6. The maximum Gasteiger partial charge on any atom is 0.169 e. The van der Waals surface area contributed by atoms with E-state index in [-0.39, 0.29) is 5.92 Å². The second kappa shape index (κ2) is 3.07. The molecule has 0 bridgehead atoms. The van der Waals surface area contributed by atoms with Crippen LogP contribution >= 0.6 is 0 Å². The predicted octanol–water partition coefficient (Wildman–Crippen LogP) is 2.42. The summed E-state index contributed by atoms with van der Waals surface area (Å²) in [6.07, 6.45) is 5.39. The second-order valence-electron chi connectivity index (χ2n) is 5.94. The van der Waals surface area contributed by atoms with Crippen molar-refractivity contribution in [2.45, 2.75) is 45.1 Å². The van der Waals surface area contributed by atoms with Crippen molar-refractivity contribution in [3.05, 3.63) is 0 Å². The third-order valence-corrected chi connectivity index (χ3v) is 4.76. The molecule has 2 heteroatoms. The largest absolute Gasteiger partial charge is 0.362 e. The first-order chi connectivity index (χ1) is 7.12. The van der Waals surface area contributed by atoms with Crippen LogP contribution in [-0.4, -0.2) is 18.0 Å². The number of rotatable bonds is 4. The predicted molar refractivity (Wildman–Crippen MR) is 57.5 cm³/mol. The van der Waals surface area contributed by atoms with E-state index in [2.05, 4.69) is 6.92 Å². The highest BCUT2D eigenvalue weighted by Gasteiger charge is 2.55. The Bertz CT molecular complexity index is 283. The summed E-state index contributed by atoms with van der Waals surface area (Å²) in [5.74, 6) is 3.39. The molecule has 3 aliphatic rings. The van der Waals surface area contributed by atoms with E-state index in [1.807, 2.05) is 6.92 Å². The van der Waals surface area contributed by atoms with E-state index in [1.54, 1.807) is 0 Å². The molecule has 1 unspecified atom stereocenters. The average molecular weight is 208 g/mol. The van der Waals surface area contributed by atoms with Gasteiger partial charge in [-0.2, -0.15) is 0 Å². The van der Waals surface area contributed by atoms with Crippen molar-refractivity contribution in [3.8, 4) is 0 Å². The topological polar surface area (TPSA) is 29.6 Å². The van der Waals surface area contributed by atoms with Crippen LogP contribution in [0.1, 0.15) is 39.5 Å². The molecule has 0 aromatic carbocycles. The number of hydrogen-bond donors (Lipinski definition) is 0. The number of ether oxygens (including phenoxy) is 1. The molecular formula is C13H20O2. The molecule has 0 aromatic heterocycles. The summed E-state index contributed by atoms with van der Waals surface area (Å²) in [5.41, 5.74) is -0.399. The van der Waals surface area contributed by atoms with Crippen LogP contribution < -0.4 is 0 Å². The minimum atomic E-state index is -0.399. The molecular weight excluding hydrogens is 188 g/mol. The maximum absolute atomic E-state index is 12.0. The van der Waals surface area contributed by atoms with E-state index in [0.29, 0.717) is 12.4 Å². The Morgan fingerprint density at radius 2 is 2.07 bits per heavy atom. The van der Waals surface area contributed by atoms with Crippen molar-refractivity contribution in [2.75, 3.05) is 6.61 Å². The molecule has 84 valence electrons. The second-order valence-corrected chi connectivity index (χ2v) is 5.94. The summed E-state index contributed by atoms with van der Waals surface area (Å²) < 4.78 is 5.23. The molecule has 1 heterocycles. The quantitative estimate of drug-likeness (QED) is 0.664. The first-order valence-electron chi connectivity index (χ1n) is 6.30. The van der Waals surface area contributed by atoms with E-state index < -0.39 is 5.60 Å². The van der Waals surface area contributed by atoms with Crippen molar-refractivity contribution in [1.29, 1.82) is 0 Å². The molecule has 2 nitrogen and oxygen atoms in total. The molecule has 3 rings (SSSR count). The van der Waals surface area contributed by atoms with Gasteiger partial charge in [0, 0.05) is 5.92 Å². The molecule has 0 radical (unpaired) electrons. The molecule has 1 aliphatic heterocycles. The highest BCUT2D eigenvalue weighted by atomic mass is 16.6. The van der Waals surface area contributed by atoms with E-state index in [4.69, 9.17) is 4.74 Å². The first-order valence-corrected chi connectivity index (χ1v) is 6.30. The summed E-state index contributed by atoms with van der Waals surface area (Å²) in [7, 11) is 0. The third-order valence-electron chi connectivity index (χ3n) is 4.76. The van der Waals surface area contributed by atoms with E-state index in [9.17, 15) is 4.79 Å². The molecule has 15 heavy (non-hydrogen) atoms. The number of ketones is 1. The highest BCUT2D eigenvalue weighted by Crippen LogP contribution is 2.60. The Kier molecular flexibility index (Phi) is 2.01. The lowest BCUT2D eigenvalue weighted by Crippen LogP contribution is -2.27. The van der Waals surface area contributed by atoms with Gasteiger partial charge in [0.2, 0.25) is 0 Å². The lowest BCUT2D eigenvalue weighted by Gasteiger charge is -2.13. The monoisotopic (exact) mass is 208 g/mol. The fourth-order valence-electron chi connectivity index (χ4n) is 3.61. The van der Waals surface area contributed by atoms with E-state index in [0.717, 1.165) is 24.2 Å². The van der Waals surface area contributed by atoms with Crippen LogP contribution in [-0.2, 0) is 9.53 Å². The van der Waals surface area contributed by atoms with Crippen LogP contribution in [0.3, 0.4) is 0 Å². The summed E-state index contributed by atoms with van der Waals surface area (Å²) in [6.45, 7) is 4.66. The van der Waals surface area contributed by atoms with Gasteiger partial charge >= 0.3 is 0 Å². The smallest absolute Gasteiger partial charge is 0.169 e. The molecule has 2 saturated carbocycles. The van der Waals surface area contributed by atoms with Gasteiger partial charge < -0.3 is 4.74 Å². The Hall–Kier alpha value is -0.370. The Morgan fingerprint density at radius 3 is 2.60 bits per heavy atom. The fraction of sp³-hybridized carbons (Fsp3) is 0.923. The van der Waals surface area contributed by atoms with Gasteiger partial charge in [0.05, 0.1) is 6.61 Å². The van der Waals surface area contributed by atoms with Crippen LogP contribution in [0, 0.1) is 23.7 Å². The van der Waals surface area contributed by atoms with Gasteiger partial charge in [-0.25, -0.2) is 0 Å². The van der Waals surface area contributed by atoms with Gasteiger partial charge in [-0.1, -0.05) is 13.3 Å². The van der Waals surface area contributed by atoms with Crippen molar-refractivity contribution < 1.29 is 9.53 Å². The van der Waals surface area contributed by atoms with Crippen LogP contribution in [0.2, 0.25) is 0 Å². The highest BCUT2D eigenvalue weighted by molar-refractivity contribution is 5.91. The van der Waals surface area contributed by atoms with Gasteiger partial charge in [-0.05, 0) is 43.9 Å². The van der Waals surface area contributed by atoms with E-state index >= 15 is 0 Å². The van der Waals surface area contributed by atoms with Gasteiger partial charge in [0.15, 0.2) is 5.78 Å². The Morgan fingerprint density at radius 1 is 1.47 bits per heavy atom. The summed E-state index contributed by atoms with van der Waals surface area (Å²) in [4.78, 5) is 12.0. The van der Waals surface area contributed by atoms with Gasteiger partial charge in [0.1, 0.15) is 5.60 Å². The van der Waals surface area contributed by atoms with Crippen molar-refractivity contribution in [3.63, 3.8) is 0 Å². The molecule has 0 spiro atoms. The SMILES string of the molecule is C[C@@H](CC1[C@H]2CCC[C@@H]12)C(=O)[C@@]1(C)CO1. The van der Waals surface area contributed by atoms with Crippen molar-refractivity contribution >= 4 is 5.78 Å². The molecule has 0 N–H and O–H groups in total. The van der Waals surface area contributed by atoms with Crippen LogP contribution in [0.5, 0.6) is 0 Å². The first kappa shape index (κ1) is 9.83. The minimum Gasteiger partial charge on any atom is -0.362 e. The number of hydrogen-bond acceptors (Lipinski definition) is 2. The molecule has 3 fully saturated rings. The normalized spacial score (nSPS) is 48.5. The number of epoxide rings is 1. The molecule has 2 aliphatic carbocycles. The van der Waals surface area contributed by atoms with E-state index in [1.165, 1.54) is 19.3 Å². The van der Waals surface area contributed by atoms with Crippen molar-refractivity contribution in [2.24, 2.45) is 23.7 Å². The van der Waals surface area contributed by atoms with Crippen LogP contribution in [0.25, 0.3) is 0 Å². The molecule has 0 aromatic rings. The van der Waals surface area contributed by atoms with Crippen LogP contribution in [0.4, 0.5) is 0 Å². The Labute approximate surface area is 91.4 Å². The number of fused-ring (bicyclic) bond motifs is 1. The van der Waals surface area contributed by atoms with Crippen LogP contribution in [0.15, 0.2) is 0 Å². The fourth-order valence-corrected chi connectivity index (χ4v) is 3.61. The van der Waals surface area contributed by atoms with Gasteiger partial charge in [0.25, 0.3) is 0 Å². The number of Topliss-reactive ketones (excluding diaryl/α,β-unsaturated/α-hetero) is 1. The lowest BCUT2D eigenvalue weighted by molar-refractivity contribution is -0.127. The van der Waals surface area contributed by atoms with Gasteiger partial charge in [-0.3, -0.25) is 4.79 Å². The zero-order valence-electron chi connectivity index (χ0n) is 9.66. The minimum absolute atomic E-state index is 0.216.